The van der Waals surface area contributed by atoms with Crippen LogP contribution in [0.25, 0.3) is 0 Å². The third-order valence-corrected chi connectivity index (χ3v) is 4.99. The molecule has 0 amide bonds. The van der Waals surface area contributed by atoms with Gasteiger partial charge in [0, 0.05) is 14.5 Å². The molecule has 6 nitrogen and oxygen atoms in total. The monoisotopic (exact) mass is 547 g/mol. The van der Waals surface area contributed by atoms with Gasteiger partial charge in [0.25, 0.3) is 0 Å². The maximum Gasteiger partial charge on any atom is 0.344 e. The lowest BCUT2D eigenvalue weighted by Crippen LogP contribution is -2.03. The molecule has 3 rings (SSSR count). The molecule has 0 radical (unpaired) electrons. The van der Waals surface area contributed by atoms with Gasteiger partial charge in [-0.1, -0.05) is 61.3 Å². The van der Waals surface area contributed by atoms with Gasteiger partial charge in [-0.05, 0) is 53.6 Å². The molecule has 0 aliphatic carbocycles. The van der Waals surface area contributed by atoms with Crippen molar-refractivity contribution < 1.29 is 24.2 Å². The Morgan fingerprint density at radius 2 is 1.48 bits per heavy atom. The quantitative estimate of drug-likeness (QED) is 0.256. The summed E-state index contributed by atoms with van der Waals surface area (Å²) in [4.78, 5) is 15.2. The van der Waals surface area contributed by atoms with Crippen LogP contribution in [0, 0.1) is 0 Å². The highest BCUT2D eigenvalue weighted by molar-refractivity contribution is 9.10. The third kappa shape index (κ3) is 7.73. The van der Waals surface area contributed by atoms with E-state index in [1.807, 2.05) is 48.5 Å². The number of aliphatic carboxylic acids is 1. The summed E-state index contributed by atoms with van der Waals surface area (Å²) in [5.41, 5.74) is 2.70. The summed E-state index contributed by atoms with van der Waals surface area (Å²) in [5, 5.41) is 12.3. The summed E-state index contributed by atoms with van der Waals surface area (Å²) in [6, 6.07) is 21.0. The van der Waals surface area contributed by atoms with E-state index in [2.05, 4.69) is 37.0 Å². The molecule has 0 saturated heterocycles. The number of rotatable bonds is 10. The number of carboxylic acid groups (broad SMARTS) is 1. The largest absolute Gasteiger partial charge is 0.485 e. The fourth-order valence-electron chi connectivity index (χ4n) is 2.60. The van der Waals surface area contributed by atoms with Gasteiger partial charge in [0.15, 0.2) is 11.5 Å². The first-order chi connectivity index (χ1) is 15.0. The van der Waals surface area contributed by atoms with E-state index in [0.29, 0.717) is 30.3 Å². The van der Waals surface area contributed by atoms with Crippen LogP contribution in [0.4, 0.5) is 0 Å². The van der Waals surface area contributed by atoms with Crippen LogP contribution >= 0.6 is 31.9 Å². The number of hydrogen-bond donors (Lipinski definition) is 1. The molecule has 31 heavy (non-hydrogen) atoms. The highest BCUT2D eigenvalue weighted by Gasteiger charge is 2.08. The average Bonchev–Trinajstić information content (AvgIpc) is 2.74. The topological polar surface area (TPSA) is 77.4 Å². The van der Waals surface area contributed by atoms with Crippen molar-refractivity contribution in [3.63, 3.8) is 0 Å². The Labute approximate surface area is 196 Å². The van der Waals surface area contributed by atoms with E-state index in [1.165, 1.54) is 6.21 Å². The minimum atomic E-state index is -1.09. The van der Waals surface area contributed by atoms with Crippen LogP contribution in [-0.2, 0) is 22.8 Å². The van der Waals surface area contributed by atoms with E-state index in [-0.39, 0.29) is 0 Å². The first kappa shape index (κ1) is 22.8. The van der Waals surface area contributed by atoms with Gasteiger partial charge in [-0.15, -0.1) is 0 Å². The molecule has 0 unspecified atom stereocenters. The Balaban J connectivity index is 1.75. The predicted octanol–water partition coefficient (Wildman–Crippen LogP) is 5.80. The molecule has 0 aliphatic rings. The van der Waals surface area contributed by atoms with E-state index in [0.717, 1.165) is 20.1 Å². The van der Waals surface area contributed by atoms with Crippen molar-refractivity contribution in [3.05, 3.63) is 92.4 Å². The zero-order valence-electron chi connectivity index (χ0n) is 16.3. The molecular formula is C23H19Br2NO5. The zero-order valence-corrected chi connectivity index (χ0v) is 19.5. The van der Waals surface area contributed by atoms with Crippen LogP contribution < -0.4 is 9.47 Å². The molecule has 160 valence electrons. The first-order valence-electron chi connectivity index (χ1n) is 9.25. The Hall–Kier alpha value is -2.84. The summed E-state index contributed by atoms with van der Waals surface area (Å²) >= 11 is 6.92. The van der Waals surface area contributed by atoms with E-state index in [9.17, 15) is 4.79 Å². The molecule has 3 aromatic rings. The lowest BCUT2D eigenvalue weighted by molar-refractivity contribution is -0.142. The van der Waals surface area contributed by atoms with Gasteiger partial charge in [-0.2, -0.15) is 0 Å². The van der Waals surface area contributed by atoms with Crippen LogP contribution in [0.3, 0.4) is 0 Å². The summed E-state index contributed by atoms with van der Waals surface area (Å²) in [6.45, 7) is 0.223. The Morgan fingerprint density at radius 1 is 0.871 bits per heavy atom. The maximum absolute atomic E-state index is 10.5. The number of halogens is 2. The molecule has 0 atom stereocenters. The minimum absolute atomic E-state index is 0.350. The third-order valence-electron chi connectivity index (χ3n) is 4.00. The highest BCUT2D eigenvalue weighted by atomic mass is 79.9. The van der Waals surface area contributed by atoms with Gasteiger partial charge >= 0.3 is 5.97 Å². The summed E-state index contributed by atoms with van der Waals surface area (Å²) in [6.07, 6.45) is 1.42. The van der Waals surface area contributed by atoms with Gasteiger partial charge in [-0.25, -0.2) is 4.79 Å². The van der Waals surface area contributed by atoms with E-state index in [1.54, 1.807) is 18.2 Å². The number of benzene rings is 3. The number of hydrogen-bond acceptors (Lipinski definition) is 5. The highest BCUT2D eigenvalue weighted by Crippen LogP contribution is 2.30. The Morgan fingerprint density at radius 3 is 2.06 bits per heavy atom. The SMILES string of the molecule is O=C(O)CON=Cc1ccc(OCc2cccc(Br)c2)c(OCc2cccc(Br)c2)c1. The number of ether oxygens (including phenoxy) is 2. The molecule has 0 aromatic heterocycles. The van der Waals surface area contributed by atoms with Crippen LogP contribution in [0.15, 0.2) is 80.8 Å². The molecule has 8 heteroatoms. The molecule has 0 heterocycles. The molecular weight excluding hydrogens is 530 g/mol. The maximum atomic E-state index is 10.5. The summed E-state index contributed by atoms with van der Waals surface area (Å²) in [5.74, 6) is 0.0298. The predicted molar refractivity (Wildman–Crippen MR) is 125 cm³/mol. The van der Waals surface area contributed by atoms with E-state index in [4.69, 9.17) is 19.4 Å². The minimum Gasteiger partial charge on any atom is -0.485 e. The summed E-state index contributed by atoms with van der Waals surface area (Å²) < 4.78 is 14.0. The van der Waals surface area contributed by atoms with Crippen LogP contribution in [0.2, 0.25) is 0 Å². The Bertz CT molecular complexity index is 1070. The zero-order chi connectivity index (χ0) is 22.1. The molecule has 0 bridgehead atoms. The van der Waals surface area contributed by atoms with Gasteiger partial charge in [0.05, 0.1) is 6.21 Å². The number of carbonyl (C=O) groups is 1. The first-order valence-corrected chi connectivity index (χ1v) is 10.8. The fraction of sp³-hybridized carbons (Fsp3) is 0.130. The average molecular weight is 549 g/mol. The number of carboxylic acids is 1. The van der Waals surface area contributed by atoms with Crippen molar-refractivity contribution >= 4 is 44.0 Å². The van der Waals surface area contributed by atoms with Crippen molar-refractivity contribution in [1.29, 1.82) is 0 Å². The van der Waals surface area contributed by atoms with Gasteiger partial charge in [0.2, 0.25) is 6.61 Å². The van der Waals surface area contributed by atoms with Gasteiger partial charge < -0.3 is 19.4 Å². The molecule has 0 saturated carbocycles. The van der Waals surface area contributed by atoms with E-state index < -0.39 is 12.6 Å². The molecule has 0 spiro atoms. The van der Waals surface area contributed by atoms with Crippen molar-refractivity contribution in [2.24, 2.45) is 5.16 Å². The standard InChI is InChI=1S/C23H19Br2NO5/c24-19-5-1-3-17(9-19)13-29-21-8-7-16(12-26-31-15-23(27)28)11-22(21)30-14-18-4-2-6-20(25)10-18/h1-12H,13-15H2,(H,27,28). The fourth-order valence-corrected chi connectivity index (χ4v) is 3.50. The lowest BCUT2D eigenvalue weighted by atomic mass is 10.2. The number of nitrogens with zero attached hydrogens (tertiary/aromatic N) is 1. The van der Waals surface area contributed by atoms with Crippen LogP contribution in [0.5, 0.6) is 11.5 Å². The number of oxime groups is 1. The van der Waals surface area contributed by atoms with Crippen molar-refractivity contribution in [2.45, 2.75) is 13.2 Å². The molecule has 3 aromatic carbocycles. The van der Waals surface area contributed by atoms with Crippen molar-refractivity contribution in [3.8, 4) is 11.5 Å². The lowest BCUT2D eigenvalue weighted by Gasteiger charge is -2.14. The van der Waals surface area contributed by atoms with Crippen molar-refractivity contribution in [2.75, 3.05) is 6.61 Å². The second-order valence-corrected chi connectivity index (χ2v) is 8.28. The van der Waals surface area contributed by atoms with Gasteiger partial charge in [0.1, 0.15) is 13.2 Å². The summed E-state index contributed by atoms with van der Waals surface area (Å²) in [7, 11) is 0. The van der Waals surface area contributed by atoms with E-state index >= 15 is 0 Å². The smallest absolute Gasteiger partial charge is 0.344 e. The normalized spacial score (nSPS) is 10.8. The van der Waals surface area contributed by atoms with Gasteiger partial charge in [-0.3, -0.25) is 0 Å². The van der Waals surface area contributed by atoms with Crippen molar-refractivity contribution in [1.82, 2.24) is 0 Å². The molecule has 0 fully saturated rings. The molecule has 0 aliphatic heterocycles. The second-order valence-electron chi connectivity index (χ2n) is 6.45. The molecule has 1 N–H and O–H groups in total. The second kappa shape index (κ2) is 11.5. The Kier molecular flexibility index (Phi) is 8.49. The van der Waals surface area contributed by atoms with Crippen LogP contribution in [-0.4, -0.2) is 23.9 Å². The van der Waals surface area contributed by atoms with Crippen LogP contribution in [0.1, 0.15) is 16.7 Å².